The van der Waals surface area contributed by atoms with Crippen LogP contribution in [0.5, 0.6) is 0 Å². The van der Waals surface area contributed by atoms with E-state index in [1.165, 1.54) is 0 Å². The van der Waals surface area contributed by atoms with Gasteiger partial charge in [0.1, 0.15) is 0 Å². The predicted molar refractivity (Wildman–Crippen MR) is 48.1 cm³/mol. The molecule has 0 aliphatic rings. The van der Waals surface area contributed by atoms with E-state index >= 15 is 0 Å². The number of halogens is 2. The Morgan fingerprint density at radius 1 is 1.36 bits per heavy atom. The molecular formula is C8H9Cl2N. The minimum atomic E-state index is 0.434. The Morgan fingerprint density at radius 2 is 2.09 bits per heavy atom. The molecule has 0 aliphatic heterocycles. The van der Waals surface area contributed by atoms with E-state index in [0.29, 0.717) is 11.8 Å². The van der Waals surface area contributed by atoms with Crippen LogP contribution in [0.1, 0.15) is 16.8 Å². The SMILES string of the molecule is Cc1ccnc(CCl)c1CCl. The molecule has 1 heterocycles. The van der Waals surface area contributed by atoms with Crippen LogP contribution in [0, 0.1) is 6.92 Å². The Morgan fingerprint density at radius 3 is 2.55 bits per heavy atom. The molecular weight excluding hydrogens is 181 g/mol. The largest absolute Gasteiger partial charge is 0.260 e. The van der Waals surface area contributed by atoms with Gasteiger partial charge in [0.2, 0.25) is 0 Å². The molecule has 0 aliphatic carbocycles. The molecule has 1 rings (SSSR count). The van der Waals surface area contributed by atoms with Crippen LogP contribution in [-0.2, 0) is 11.8 Å². The number of aromatic nitrogens is 1. The zero-order valence-corrected chi connectivity index (χ0v) is 7.78. The molecule has 0 unspecified atom stereocenters. The van der Waals surface area contributed by atoms with Crippen molar-refractivity contribution in [1.82, 2.24) is 4.98 Å². The summed E-state index contributed by atoms with van der Waals surface area (Å²) < 4.78 is 0. The molecule has 0 radical (unpaired) electrons. The highest BCUT2D eigenvalue weighted by Gasteiger charge is 2.03. The third-order valence-electron chi connectivity index (χ3n) is 1.64. The van der Waals surface area contributed by atoms with Gasteiger partial charge in [0, 0.05) is 12.1 Å². The minimum absolute atomic E-state index is 0.434. The van der Waals surface area contributed by atoms with E-state index < -0.39 is 0 Å². The Hall–Kier alpha value is -0.270. The second-order valence-electron chi connectivity index (χ2n) is 2.32. The van der Waals surface area contributed by atoms with E-state index in [9.17, 15) is 0 Å². The van der Waals surface area contributed by atoms with Gasteiger partial charge >= 0.3 is 0 Å². The summed E-state index contributed by atoms with van der Waals surface area (Å²) in [4.78, 5) is 4.11. The van der Waals surface area contributed by atoms with E-state index in [2.05, 4.69) is 4.98 Å². The van der Waals surface area contributed by atoms with Gasteiger partial charge in [-0.25, -0.2) is 0 Å². The summed E-state index contributed by atoms with van der Waals surface area (Å²) in [5.41, 5.74) is 3.11. The molecule has 0 amide bonds. The van der Waals surface area contributed by atoms with Crippen molar-refractivity contribution in [1.29, 1.82) is 0 Å². The van der Waals surface area contributed by atoms with E-state index in [1.807, 2.05) is 13.0 Å². The molecule has 60 valence electrons. The van der Waals surface area contributed by atoms with Crippen molar-refractivity contribution in [3.05, 3.63) is 29.1 Å². The number of pyridine rings is 1. The highest BCUT2D eigenvalue weighted by atomic mass is 35.5. The zero-order chi connectivity index (χ0) is 8.27. The first-order chi connectivity index (χ1) is 5.29. The fourth-order valence-corrected chi connectivity index (χ4v) is 1.54. The Kier molecular flexibility index (Phi) is 3.16. The summed E-state index contributed by atoms with van der Waals surface area (Å²) in [5.74, 6) is 0.922. The van der Waals surface area contributed by atoms with Crippen LogP contribution in [-0.4, -0.2) is 4.98 Å². The van der Waals surface area contributed by atoms with Gasteiger partial charge in [-0.2, -0.15) is 0 Å². The van der Waals surface area contributed by atoms with Crippen molar-refractivity contribution in [3.8, 4) is 0 Å². The molecule has 0 bridgehead atoms. The average molecular weight is 190 g/mol. The lowest BCUT2D eigenvalue weighted by Gasteiger charge is -2.04. The van der Waals surface area contributed by atoms with Crippen molar-refractivity contribution in [2.45, 2.75) is 18.7 Å². The quantitative estimate of drug-likeness (QED) is 0.653. The van der Waals surface area contributed by atoms with Gasteiger partial charge in [0.25, 0.3) is 0 Å². The Labute approximate surface area is 76.4 Å². The third-order valence-corrected chi connectivity index (χ3v) is 2.16. The average Bonchev–Trinajstić information content (AvgIpc) is 2.04. The molecule has 0 fully saturated rings. The molecule has 0 aromatic carbocycles. The van der Waals surface area contributed by atoms with Gasteiger partial charge in [-0.1, -0.05) is 0 Å². The number of hydrogen-bond acceptors (Lipinski definition) is 1. The Balaban J connectivity index is 3.13. The normalized spacial score (nSPS) is 10.1. The molecule has 1 aromatic heterocycles. The molecule has 0 saturated carbocycles. The van der Waals surface area contributed by atoms with Gasteiger partial charge < -0.3 is 0 Å². The summed E-state index contributed by atoms with van der Waals surface area (Å²) in [6.07, 6.45) is 1.75. The maximum absolute atomic E-state index is 5.72. The number of hydrogen-bond donors (Lipinski definition) is 0. The van der Waals surface area contributed by atoms with Crippen LogP contribution in [0.3, 0.4) is 0 Å². The summed E-state index contributed by atoms with van der Waals surface area (Å²) in [5, 5.41) is 0. The lowest BCUT2D eigenvalue weighted by molar-refractivity contribution is 1.08. The van der Waals surface area contributed by atoms with E-state index in [1.54, 1.807) is 6.20 Å². The first-order valence-electron chi connectivity index (χ1n) is 3.35. The summed E-state index contributed by atoms with van der Waals surface area (Å²) in [6, 6.07) is 1.94. The van der Waals surface area contributed by atoms with Crippen LogP contribution in [0.15, 0.2) is 12.3 Å². The second-order valence-corrected chi connectivity index (χ2v) is 2.85. The summed E-state index contributed by atoms with van der Waals surface area (Å²) in [6.45, 7) is 2.01. The van der Waals surface area contributed by atoms with Crippen molar-refractivity contribution in [3.63, 3.8) is 0 Å². The fraction of sp³-hybridized carbons (Fsp3) is 0.375. The van der Waals surface area contributed by atoms with Crippen molar-refractivity contribution in [2.75, 3.05) is 0 Å². The van der Waals surface area contributed by atoms with Crippen LogP contribution in [0.25, 0.3) is 0 Å². The van der Waals surface area contributed by atoms with E-state index in [4.69, 9.17) is 23.2 Å². The van der Waals surface area contributed by atoms with Crippen molar-refractivity contribution < 1.29 is 0 Å². The fourth-order valence-electron chi connectivity index (χ4n) is 0.943. The molecule has 0 saturated heterocycles. The van der Waals surface area contributed by atoms with Gasteiger partial charge in [0.15, 0.2) is 0 Å². The summed E-state index contributed by atoms with van der Waals surface area (Å²) >= 11 is 11.4. The molecule has 0 spiro atoms. The number of alkyl halides is 2. The van der Waals surface area contributed by atoms with Crippen LogP contribution in [0.2, 0.25) is 0 Å². The lowest BCUT2D eigenvalue weighted by atomic mass is 10.1. The first kappa shape index (κ1) is 8.82. The molecule has 1 nitrogen and oxygen atoms in total. The van der Waals surface area contributed by atoms with Crippen molar-refractivity contribution in [2.24, 2.45) is 0 Å². The monoisotopic (exact) mass is 189 g/mol. The molecule has 0 N–H and O–H groups in total. The maximum atomic E-state index is 5.72. The minimum Gasteiger partial charge on any atom is -0.260 e. The van der Waals surface area contributed by atoms with Crippen LogP contribution >= 0.6 is 23.2 Å². The number of nitrogens with zero attached hydrogens (tertiary/aromatic N) is 1. The number of aryl methyl sites for hydroxylation is 1. The second kappa shape index (κ2) is 3.93. The highest BCUT2D eigenvalue weighted by molar-refractivity contribution is 6.18. The third kappa shape index (κ3) is 1.85. The van der Waals surface area contributed by atoms with Gasteiger partial charge in [-0.15, -0.1) is 23.2 Å². The maximum Gasteiger partial charge on any atom is 0.0650 e. The molecule has 1 aromatic rings. The lowest BCUT2D eigenvalue weighted by Crippen LogP contribution is -1.95. The first-order valence-corrected chi connectivity index (χ1v) is 4.41. The zero-order valence-electron chi connectivity index (χ0n) is 6.27. The van der Waals surface area contributed by atoms with Gasteiger partial charge in [-0.05, 0) is 24.1 Å². The smallest absolute Gasteiger partial charge is 0.0650 e. The standard InChI is InChI=1S/C8H9Cl2N/c1-6-2-3-11-8(5-10)7(6)4-9/h2-3H,4-5H2,1H3. The van der Waals surface area contributed by atoms with Gasteiger partial charge in [-0.3, -0.25) is 4.98 Å². The van der Waals surface area contributed by atoms with Crippen molar-refractivity contribution >= 4 is 23.2 Å². The Bertz CT molecular complexity index is 248. The topological polar surface area (TPSA) is 12.9 Å². The number of rotatable bonds is 2. The molecule has 0 atom stereocenters. The molecule has 3 heteroatoms. The van der Waals surface area contributed by atoms with Crippen LogP contribution < -0.4 is 0 Å². The predicted octanol–water partition coefficient (Wildman–Crippen LogP) is 2.87. The van der Waals surface area contributed by atoms with Gasteiger partial charge in [0.05, 0.1) is 11.6 Å². The van der Waals surface area contributed by atoms with E-state index in [-0.39, 0.29) is 0 Å². The van der Waals surface area contributed by atoms with E-state index in [0.717, 1.165) is 16.8 Å². The molecule has 11 heavy (non-hydrogen) atoms. The van der Waals surface area contributed by atoms with Crippen LogP contribution in [0.4, 0.5) is 0 Å². The highest BCUT2D eigenvalue weighted by Crippen LogP contribution is 2.15. The summed E-state index contributed by atoms with van der Waals surface area (Å²) in [7, 11) is 0.